The Morgan fingerprint density at radius 3 is 2.08 bits per heavy atom. The number of phenolic OH excluding ortho intramolecular Hbond substituents is 1. The Hall–Kier alpha value is -2.86. The van der Waals surface area contributed by atoms with Gasteiger partial charge in [0, 0.05) is 11.1 Å². The number of ether oxygens (including phenoxy) is 4. The molecule has 25 heavy (non-hydrogen) atoms. The zero-order chi connectivity index (χ0) is 18.4. The highest BCUT2D eigenvalue weighted by molar-refractivity contribution is 5.76. The summed E-state index contributed by atoms with van der Waals surface area (Å²) in [5, 5.41) is 19.7. The normalized spacial score (nSPS) is 10.8. The first-order chi connectivity index (χ1) is 12.1. The molecule has 0 saturated carbocycles. The lowest BCUT2D eigenvalue weighted by atomic mass is 10.1. The highest BCUT2D eigenvalue weighted by Crippen LogP contribution is 2.40. The Labute approximate surface area is 146 Å². The van der Waals surface area contributed by atoms with Crippen LogP contribution in [-0.4, -0.2) is 38.7 Å². The molecule has 2 N–H and O–H groups in total. The minimum absolute atomic E-state index is 0.0597. The smallest absolute Gasteiger partial charge is 0.201 e. The average molecular weight is 346 g/mol. The van der Waals surface area contributed by atoms with Gasteiger partial charge < -0.3 is 29.2 Å². The Morgan fingerprint density at radius 2 is 1.52 bits per heavy atom. The van der Waals surface area contributed by atoms with Gasteiger partial charge in [-0.3, -0.25) is 0 Å². The predicted molar refractivity (Wildman–Crippen MR) is 95.6 cm³/mol. The summed E-state index contributed by atoms with van der Waals surface area (Å²) < 4.78 is 20.9. The molecule has 0 fully saturated rings. The van der Waals surface area contributed by atoms with Crippen LogP contribution < -0.4 is 18.9 Å². The first-order valence-electron chi connectivity index (χ1n) is 7.57. The molecule has 0 spiro atoms. The van der Waals surface area contributed by atoms with E-state index in [0.717, 1.165) is 5.56 Å². The van der Waals surface area contributed by atoms with Crippen LogP contribution in [0, 0.1) is 0 Å². The molecule has 0 atom stereocenters. The number of methoxy groups -OCH3 is 4. The predicted octanol–water partition coefficient (Wildman–Crippen LogP) is 3.09. The van der Waals surface area contributed by atoms with E-state index in [1.807, 2.05) is 6.08 Å². The minimum atomic E-state index is -0.173. The van der Waals surface area contributed by atoms with Crippen LogP contribution in [0.25, 0.3) is 12.2 Å². The molecule has 0 bridgehead atoms. The van der Waals surface area contributed by atoms with E-state index in [0.29, 0.717) is 34.1 Å². The van der Waals surface area contributed by atoms with Crippen LogP contribution in [0.5, 0.6) is 28.7 Å². The van der Waals surface area contributed by atoms with Crippen LogP contribution in [0.15, 0.2) is 24.3 Å². The number of hydrogen-bond acceptors (Lipinski definition) is 6. The van der Waals surface area contributed by atoms with Gasteiger partial charge in [0.15, 0.2) is 23.0 Å². The van der Waals surface area contributed by atoms with Crippen molar-refractivity contribution in [1.82, 2.24) is 0 Å². The molecule has 0 aromatic heterocycles. The van der Waals surface area contributed by atoms with E-state index < -0.39 is 0 Å². The van der Waals surface area contributed by atoms with Gasteiger partial charge >= 0.3 is 0 Å². The highest BCUT2D eigenvalue weighted by Gasteiger charge is 2.13. The second-order valence-electron chi connectivity index (χ2n) is 5.15. The van der Waals surface area contributed by atoms with Crippen molar-refractivity contribution in [3.05, 3.63) is 41.0 Å². The number of aliphatic hydroxyl groups excluding tert-OH is 1. The second-order valence-corrected chi connectivity index (χ2v) is 5.15. The molecule has 0 aliphatic rings. The summed E-state index contributed by atoms with van der Waals surface area (Å²) in [5.41, 5.74) is 2.10. The van der Waals surface area contributed by atoms with Crippen LogP contribution in [-0.2, 0) is 6.61 Å². The summed E-state index contributed by atoms with van der Waals surface area (Å²) in [6.45, 7) is -0.173. The lowest BCUT2D eigenvalue weighted by molar-refractivity contribution is 0.270. The maximum Gasteiger partial charge on any atom is 0.201 e. The molecule has 2 rings (SSSR count). The number of hydrogen-bond donors (Lipinski definition) is 2. The average Bonchev–Trinajstić information content (AvgIpc) is 2.65. The van der Waals surface area contributed by atoms with Crippen molar-refractivity contribution in [2.24, 2.45) is 0 Å². The van der Waals surface area contributed by atoms with Gasteiger partial charge in [-0.15, -0.1) is 0 Å². The number of rotatable bonds is 7. The molecule has 0 amide bonds. The molecule has 0 radical (unpaired) electrons. The fourth-order valence-electron chi connectivity index (χ4n) is 2.55. The van der Waals surface area contributed by atoms with Gasteiger partial charge in [0.1, 0.15) is 0 Å². The van der Waals surface area contributed by atoms with E-state index in [4.69, 9.17) is 18.9 Å². The molecule has 0 saturated heterocycles. The molecule has 0 aliphatic carbocycles. The topological polar surface area (TPSA) is 77.4 Å². The maximum atomic E-state index is 10.1. The third kappa shape index (κ3) is 3.80. The Balaban J connectivity index is 2.44. The van der Waals surface area contributed by atoms with Crippen LogP contribution in [0.1, 0.15) is 16.7 Å². The third-order valence-corrected chi connectivity index (χ3v) is 3.75. The van der Waals surface area contributed by atoms with Gasteiger partial charge in [0.25, 0.3) is 0 Å². The van der Waals surface area contributed by atoms with E-state index in [1.54, 1.807) is 30.3 Å². The molecule has 6 nitrogen and oxygen atoms in total. The molecule has 2 aromatic rings. The fraction of sp³-hybridized carbons (Fsp3) is 0.263. The first-order valence-corrected chi connectivity index (χ1v) is 7.57. The molecule has 134 valence electrons. The third-order valence-electron chi connectivity index (χ3n) is 3.75. The summed E-state index contributed by atoms with van der Waals surface area (Å²) in [7, 11) is 6.02. The van der Waals surface area contributed by atoms with Crippen molar-refractivity contribution in [2.75, 3.05) is 28.4 Å². The van der Waals surface area contributed by atoms with Gasteiger partial charge in [0.05, 0.1) is 35.0 Å². The van der Waals surface area contributed by atoms with Gasteiger partial charge in [-0.05, 0) is 29.8 Å². The van der Waals surface area contributed by atoms with E-state index in [-0.39, 0.29) is 12.4 Å². The van der Waals surface area contributed by atoms with Crippen LogP contribution >= 0.6 is 0 Å². The van der Waals surface area contributed by atoms with E-state index >= 15 is 0 Å². The Morgan fingerprint density at radius 1 is 0.840 bits per heavy atom. The molecular weight excluding hydrogens is 324 g/mol. The van der Waals surface area contributed by atoms with E-state index in [2.05, 4.69) is 0 Å². The van der Waals surface area contributed by atoms with Crippen LogP contribution in [0.3, 0.4) is 0 Å². The maximum absolute atomic E-state index is 10.1. The lowest BCUT2D eigenvalue weighted by Gasteiger charge is -2.13. The summed E-state index contributed by atoms with van der Waals surface area (Å²) >= 11 is 0. The number of aromatic hydroxyl groups is 1. The zero-order valence-corrected chi connectivity index (χ0v) is 14.7. The number of phenols is 1. The fourth-order valence-corrected chi connectivity index (χ4v) is 2.55. The monoisotopic (exact) mass is 346 g/mol. The summed E-state index contributed by atoms with van der Waals surface area (Å²) in [6.07, 6.45) is 3.62. The second kappa shape index (κ2) is 8.30. The molecule has 0 aliphatic heterocycles. The molecular formula is C19H22O6. The lowest BCUT2D eigenvalue weighted by Crippen LogP contribution is -1.97. The van der Waals surface area contributed by atoms with E-state index in [1.165, 1.54) is 28.4 Å². The molecule has 0 unspecified atom stereocenters. The van der Waals surface area contributed by atoms with Gasteiger partial charge in [-0.25, -0.2) is 0 Å². The minimum Gasteiger partial charge on any atom is -0.502 e. The van der Waals surface area contributed by atoms with Crippen molar-refractivity contribution in [3.8, 4) is 28.7 Å². The van der Waals surface area contributed by atoms with Gasteiger partial charge in [-0.2, -0.15) is 0 Å². The summed E-state index contributed by atoms with van der Waals surface area (Å²) in [6, 6.07) is 7.03. The quantitative estimate of drug-likeness (QED) is 0.750. The Bertz CT molecular complexity index is 742. The van der Waals surface area contributed by atoms with Crippen molar-refractivity contribution in [1.29, 1.82) is 0 Å². The zero-order valence-electron chi connectivity index (χ0n) is 14.7. The number of aliphatic hydroxyl groups is 1. The van der Waals surface area contributed by atoms with Gasteiger partial charge in [-0.1, -0.05) is 12.2 Å². The van der Waals surface area contributed by atoms with Gasteiger partial charge in [0.2, 0.25) is 5.75 Å². The number of benzene rings is 2. The summed E-state index contributed by atoms with van der Waals surface area (Å²) in [4.78, 5) is 0. The van der Waals surface area contributed by atoms with Crippen molar-refractivity contribution in [3.63, 3.8) is 0 Å². The van der Waals surface area contributed by atoms with Crippen LogP contribution in [0.4, 0.5) is 0 Å². The molecule has 6 heteroatoms. The summed E-state index contributed by atoms with van der Waals surface area (Å²) in [5.74, 6) is 1.62. The molecule has 2 aromatic carbocycles. The van der Waals surface area contributed by atoms with E-state index in [9.17, 15) is 10.2 Å². The van der Waals surface area contributed by atoms with Crippen molar-refractivity contribution in [2.45, 2.75) is 6.61 Å². The Kier molecular flexibility index (Phi) is 6.14. The first kappa shape index (κ1) is 18.5. The standard InChI is InChI=1S/C19H22O6/c1-22-15-8-7-13(19(25-4)17(15)21)6-5-12-9-14(11-20)18(24-3)16(10-12)23-2/h5-10,20-21H,11H2,1-4H3/b6-5-. The van der Waals surface area contributed by atoms with Crippen molar-refractivity contribution < 1.29 is 29.2 Å². The molecule has 0 heterocycles. The highest BCUT2D eigenvalue weighted by atomic mass is 16.5. The SMILES string of the molecule is COc1ccc(/C=C\c2cc(CO)c(OC)c(OC)c2)c(OC)c1O. The van der Waals surface area contributed by atoms with Crippen molar-refractivity contribution >= 4 is 12.2 Å². The van der Waals surface area contributed by atoms with Crippen LogP contribution in [0.2, 0.25) is 0 Å². The largest absolute Gasteiger partial charge is 0.502 e.